The molecular formula is C13H22N2S. The number of rotatable bonds is 4. The highest BCUT2D eigenvalue weighted by atomic mass is 32.1. The van der Waals surface area contributed by atoms with Gasteiger partial charge in [0, 0.05) is 17.5 Å². The predicted octanol–water partition coefficient (Wildman–Crippen LogP) is 3.54. The standard InChI is InChI=1S/C13H22N2S/c1-4-13-15-12(8-16-13)10(3)14-11-6-5-9(2)7-11/h8-11,14H,4-7H2,1-3H3. The van der Waals surface area contributed by atoms with Crippen LogP contribution in [-0.4, -0.2) is 11.0 Å². The Balaban J connectivity index is 1.89. The quantitative estimate of drug-likeness (QED) is 0.868. The average molecular weight is 238 g/mol. The van der Waals surface area contributed by atoms with E-state index in [4.69, 9.17) is 0 Å². The van der Waals surface area contributed by atoms with Crippen LogP contribution in [0, 0.1) is 5.92 Å². The van der Waals surface area contributed by atoms with Crippen molar-refractivity contribution in [2.24, 2.45) is 5.92 Å². The van der Waals surface area contributed by atoms with Crippen molar-refractivity contribution in [2.75, 3.05) is 0 Å². The van der Waals surface area contributed by atoms with Gasteiger partial charge in [-0.15, -0.1) is 11.3 Å². The topological polar surface area (TPSA) is 24.9 Å². The number of thiazole rings is 1. The van der Waals surface area contributed by atoms with E-state index >= 15 is 0 Å². The summed E-state index contributed by atoms with van der Waals surface area (Å²) in [7, 11) is 0. The molecule has 0 spiro atoms. The third-order valence-electron chi connectivity index (χ3n) is 3.50. The van der Waals surface area contributed by atoms with Crippen molar-refractivity contribution in [2.45, 2.75) is 58.5 Å². The molecule has 3 unspecified atom stereocenters. The van der Waals surface area contributed by atoms with Gasteiger partial charge in [-0.2, -0.15) is 0 Å². The molecule has 0 saturated heterocycles. The molecule has 0 aromatic carbocycles. The molecule has 1 saturated carbocycles. The lowest BCUT2D eigenvalue weighted by Crippen LogP contribution is -2.29. The van der Waals surface area contributed by atoms with Gasteiger partial charge in [-0.25, -0.2) is 4.98 Å². The monoisotopic (exact) mass is 238 g/mol. The van der Waals surface area contributed by atoms with Crippen molar-refractivity contribution in [3.8, 4) is 0 Å². The zero-order valence-corrected chi connectivity index (χ0v) is 11.3. The number of nitrogens with zero attached hydrogens (tertiary/aromatic N) is 1. The number of aryl methyl sites for hydroxylation is 1. The van der Waals surface area contributed by atoms with Gasteiger partial charge >= 0.3 is 0 Å². The molecule has 90 valence electrons. The van der Waals surface area contributed by atoms with Crippen LogP contribution in [0.25, 0.3) is 0 Å². The Morgan fingerprint density at radius 3 is 2.94 bits per heavy atom. The van der Waals surface area contributed by atoms with Crippen LogP contribution >= 0.6 is 11.3 Å². The summed E-state index contributed by atoms with van der Waals surface area (Å²) in [5.74, 6) is 0.895. The number of nitrogens with one attached hydrogen (secondary N) is 1. The third kappa shape index (κ3) is 2.83. The lowest BCUT2D eigenvalue weighted by atomic mass is 10.1. The first-order chi connectivity index (χ1) is 7.69. The largest absolute Gasteiger partial charge is 0.306 e. The van der Waals surface area contributed by atoms with Gasteiger partial charge in [0.2, 0.25) is 0 Å². The highest BCUT2D eigenvalue weighted by Gasteiger charge is 2.23. The van der Waals surface area contributed by atoms with Gasteiger partial charge in [0.25, 0.3) is 0 Å². The van der Waals surface area contributed by atoms with Crippen molar-refractivity contribution >= 4 is 11.3 Å². The first kappa shape index (κ1) is 12.1. The lowest BCUT2D eigenvalue weighted by molar-refractivity contribution is 0.444. The fourth-order valence-electron chi connectivity index (χ4n) is 2.48. The Kier molecular flexibility index (Phi) is 3.98. The molecule has 0 amide bonds. The zero-order chi connectivity index (χ0) is 11.5. The van der Waals surface area contributed by atoms with Gasteiger partial charge in [0.15, 0.2) is 0 Å². The molecule has 0 bridgehead atoms. The van der Waals surface area contributed by atoms with Crippen molar-refractivity contribution in [3.63, 3.8) is 0 Å². The van der Waals surface area contributed by atoms with E-state index in [1.807, 2.05) is 0 Å². The van der Waals surface area contributed by atoms with Crippen LogP contribution in [0.1, 0.15) is 56.8 Å². The smallest absolute Gasteiger partial charge is 0.0926 e. The molecule has 1 aromatic heterocycles. The summed E-state index contributed by atoms with van der Waals surface area (Å²) in [6.45, 7) is 6.75. The fourth-order valence-corrected chi connectivity index (χ4v) is 3.32. The molecule has 1 N–H and O–H groups in total. The summed E-state index contributed by atoms with van der Waals surface area (Å²) < 4.78 is 0. The molecule has 1 aliphatic carbocycles. The molecule has 2 rings (SSSR count). The summed E-state index contributed by atoms with van der Waals surface area (Å²) >= 11 is 1.79. The van der Waals surface area contributed by atoms with E-state index in [9.17, 15) is 0 Å². The van der Waals surface area contributed by atoms with E-state index in [2.05, 4.69) is 36.5 Å². The maximum atomic E-state index is 4.65. The highest BCUT2D eigenvalue weighted by Crippen LogP contribution is 2.27. The minimum Gasteiger partial charge on any atom is -0.306 e. The van der Waals surface area contributed by atoms with Gasteiger partial charge in [-0.05, 0) is 38.5 Å². The van der Waals surface area contributed by atoms with Gasteiger partial charge in [0.1, 0.15) is 0 Å². The van der Waals surface area contributed by atoms with E-state index in [0.29, 0.717) is 12.1 Å². The van der Waals surface area contributed by atoms with Gasteiger partial charge in [-0.1, -0.05) is 13.8 Å². The summed E-state index contributed by atoms with van der Waals surface area (Å²) in [5.41, 5.74) is 1.22. The van der Waals surface area contributed by atoms with Crippen molar-refractivity contribution < 1.29 is 0 Å². The second-order valence-corrected chi connectivity index (χ2v) is 5.97. The summed E-state index contributed by atoms with van der Waals surface area (Å²) in [6.07, 6.45) is 5.09. The van der Waals surface area contributed by atoms with Crippen LogP contribution in [0.2, 0.25) is 0 Å². The molecule has 3 heteroatoms. The zero-order valence-electron chi connectivity index (χ0n) is 10.5. The molecule has 0 radical (unpaired) electrons. The van der Waals surface area contributed by atoms with Crippen LogP contribution in [-0.2, 0) is 6.42 Å². The molecule has 2 nitrogen and oxygen atoms in total. The lowest BCUT2D eigenvalue weighted by Gasteiger charge is -2.17. The van der Waals surface area contributed by atoms with Crippen LogP contribution in [0.4, 0.5) is 0 Å². The van der Waals surface area contributed by atoms with Crippen molar-refractivity contribution in [1.82, 2.24) is 10.3 Å². The van der Waals surface area contributed by atoms with Crippen LogP contribution < -0.4 is 5.32 Å². The van der Waals surface area contributed by atoms with E-state index in [1.54, 1.807) is 11.3 Å². The van der Waals surface area contributed by atoms with Crippen LogP contribution in [0.15, 0.2) is 5.38 Å². The minimum atomic E-state index is 0.409. The average Bonchev–Trinajstić information content (AvgIpc) is 2.87. The molecule has 1 aromatic rings. The molecule has 1 fully saturated rings. The highest BCUT2D eigenvalue weighted by molar-refractivity contribution is 7.09. The van der Waals surface area contributed by atoms with E-state index in [0.717, 1.165) is 12.3 Å². The Hall–Kier alpha value is -0.410. The fraction of sp³-hybridized carbons (Fsp3) is 0.769. The number of hydrogen-bond acceptors (Lipinski definition) is 3. The van der Waals surface area contributed by atoms with Gasteiger partial charge in [0.05, 0.1) is 10.7 Å². The van der Waals surface area contributed by atoms with Crippen LogP contribution in [0.3, 0.4) is 0 Å². The van der Waals surface area contributed by atoms with Crippen LogP contribution in [0.5, 0.6) is 0 Å². The van der Waals surface area contributed by atoms with Crippen molar-refractivity contribution in [1.29, 1.82) is 0 Å². The van der Waals surface area contributed by atoms with E-state index in [1.165, 1.54) is 30.0 Å². The summed E-state index contributed by atoms with van der Waals surface area (Å²) in [6, 6.07) is 1.11. The number of hydrogen-bond donors (Lipinski definition) is 1. The molecule has 16 heavy (non-hydrogen) atoms. The maximum Gasteiger partial charge on any atom is 0.0926 e. The molecule has 0 aliphatic heterocycles. The molecule has 1 heterocycles. The third-order valence-corrected chi connectivity index (χ3v) is 4.51. The normalized spacial score (nSPS) is 27.2. The Morgan fingerprint density at radius 2 is 2.38 bits per heavy atom. The first-order valence-electron chi connectivity index (χ1n) is 6.39. The predicted molar refractivity (Wildman–Crippen MR) is 69.8 cm³/mol. The molecule has 3 atom stereocenters. The minimum absolute atomic E-state index is 0.409. The number of aromatic nitrogens is 1. The first-order valence-corrected chi connectivity index (χ1v) is 7.27. The second-order valence-electron chi connectivity index (χ2n) is 5.02. The summed E-state index contributed by atoms with van der Waals surface area (Å²) in [4.78, 5) is 4.65. The van der Waals surface area contributed by atoms with E-state index < -0.39 is 0 Å². The Bertz CT molecular complexity index is 334. The van der Waals surface area contributed by atoms with E-state index in [-0.39, 0.29) is 0 Å². The second kappa shape index (κ2) is 5.28. The van der Waals surface area contributed by atoms with Gasteiger partial charge < -0.3 is 5.32 Å². The molecular weight excluding hydrogens is 216 g/mol. The maximum absolute atomic E-state index is 4.65. The summed E-state index contributed by atoms with van der Waals surface area (Å²) in [5, 5.41) is 7.16. The molecule has 1 aliphatic rings. The van der Waals surface area contributed by atoms with Gasteiger partial charge in [-0.3, -0.25) is 0 Å². The Morgan fingerprint density at radius 1 is 1.56 bits per heavy atom. The SMILES string of the molecule is CCc1nc(C(C)NC2CCC(C)C2)cs1. The Labute approximate surface area is 102 Å². The van der Waals surface area contributed by atoms with Crippen molar-refractivity contribution in [3.05, 3.63) is 16.1 Å².